The van der Waals surface area contributed by atoms with Crippen molar-refractivity contribution < 1.29 is 0 Å². The molecule has 10 rings (SSSR count). The monoisotopic (exact) mass is 796 g/mol. The predicted molar refractivity (Wildman–Crippen MR) is 254 cm³/mol. The summed E-state index contributed by atoms with van der Waals surface area (Å²) in [5.41, 5.74) is 12.7. The van der Waals surface area contributed by atoms with E-state index in [1.165, 1.54) is 0 Å². The molecule has 0 fully saturated rings. The van der Waals surface area contributed by atoms with Gasteiger partial charge in [-0.1, -0.05) is 182 Å². The highest BCUT2D eigenvalue weighted by Gasteiger charge is 2.22. The van der Waals surface area contributed by atoms with Crippen LogP contribution in [0.5, 0.6) is 0 Å². The molecule has 8 aromatic carbocycles. The SMILES string of the molecule is c1ccc(-c2cc(N(c3ccc(-c4ccc(N(c5ccccc5)c5ccccc5)cc4)cc3)c3nc(-c4ccccc4)nc(-c4ccccc4)n3)cc(-c3ccccc3)n2)cc1. The molecule has 2 heterocycles. The molecule has 0 bridgehead atoms. The molecule has 0 saturated heterocycles. The Morgan fingerprint density at radius 3 is 0.935 bits per heavy atom. The number of hydrogen-bond donors (Lipinski definition) is 0. The summed E-state index contributed by atoms with van der Waals surface area (Å²) in [4.78, 5) is 25.1. The number of para-hydroxylation sites is 2. The largest absolute Gasteiger partial charge is 0.311 e. The molecule has 0 amide bonds. The van der Waals surface area contributed by atoms with Crippen molar-refractivity contribution >= 4 is 34.4 Å². The molecule has 0 spiro atoms. The molecule has 294 valence electrons. The average molecular weight is 797 g/mol. The van der Waals surface area contributed by atoms with Crippen LogP contribution in [0, 0.1) is 0 Å². The third-order valence-corrected chi connectivity index (χ3v) is 10.7. The third-order valence-electron chi connectivity index (χ3n) is 10.7. The number of anilines is 6. The zero-order chi connectivity index (χ0) is 41.5. The van der Waals surface area contributed by atoms with Gasteiger partial charge in [-0.3, -0.25) is 4.90 Å². The van der Waals surface area contributed by atoms with Gasteiger partial charge in [-0.2, -0.15) is 9.97 Å². The van der Waals surface area contributed by atoms with Gasteiger partial charge in [-0.15, -0.1) is 0 Å². The van der Waals surface area contributed by atoms with Gasteiger partial charge in [0, 0.05) is 45.0 Å². The van der Waals surface area contributed by atoms with Gasteiger partial charge >= 0.3 is 0 Å². The van der Waals surface area contributed by atoms with Gasteiger partial charge in [0.25, 0.3) is 0 Å². The van der Waals surface area contributed by atoms with E-state index in [1.807, 2.05) is 109 Å². The molecule has 6 nitrogen and oxygen atoms in total. The molecule has 0 atom stereocenters. The lowest BCUT2D eigenvalue weighted by Crippen LogP contribution is -2.16. The Morgan fingerprint density at radius 2 is 0.548 bits per heavy atom. The summed E-state index contributed by atoms with van der Waals surface area (Å²) in [6.07, 6.45) is 0. The standard InChI is InChI=1S/C56H40N6/c1-7-19-43(20-8-1)52-39-51(40-53(57-52)44-21-9-2-10-22-44)62(56-59-54(45-23-11-3-12-24-45)58-55(60-56)46-25-13-4-14-26-46)50-37-33-42(34-38-50)41-31-35-49(36-32-41)61(47-27-15-5-16-28-47)48-29-17-6-18-30-48/h1-40H. The van der Waals surface area contributed by atoms with Crippen LogP contribution in [0.25, 0.3) is 56.4 Å². The molecular weight excluding hydrogens is 757 g/mol. The minimum absolute atomic E-state index is 0.487. The Balaban J connectivity index is 1.11. The summed E-state index contributed by atoms with van der Waals surface area (Å²) in [6.45, 7) is 0. The Bertz CT molecular complexity index is 2740. The van der Waals surface area contributed by atoms with E-state index in [1.54, 1.807) is 0 Å². The van der Waals surface area contributed by atoms with E-state index < -0.39 is 0 Å². The van der Waals surface area contributed by atoms with Gasteiger partial charge < -0.3 is 4.90 Å². The maximum Gasteiger partial charge on any atom is 0.238 e. The summed E-state index contributed by atoms with van der Waals surface area (Å²) >= 11 is 0. The first kappa shape index (κ1) is 37.8. The fraction of sp³-hybridized carbons (Fsp3) is 0. The summed E-state index contributed by atoms with van der Waals surface area (Å²) in [7, 11) is 0. The fourth-order valence-electron chi connectivity index (χ4n) is 7.64. The molecule has 0 aliphatic heterocycles. The van der Waals surface area contributed by atoms with Gasteiger partial charge in [-0.05, 0) is 71.8 Å². The first-order valence-electron chi connectivity index (χ1n) is 20.6. The van der Waals surface area contributed by atoms with Crippen LogP contribution < -0.4 is 9.80 Å². The second kappa shape index (κ2) is 17.4. The Labute approximate surface area is 361 Å². The molecule has 0 unspecified atom stereocenters. The van der Waals surface area contributed by atoms with Gasteiger partial charge in [0.15, 0.2) is 11.6 Å². The summed E-state index contributed by atoms with van der Waals surface area (Å²) in [5.74, 6) is 1.65. The van der Waals surface area contributed by atoms with Crippen LogP contribution >= 0.6 is 0 Å². The van der Waals surface area contributed by atoms with Crippen molar-refractivity contribution in [2.45, 2.75) is 0 Å². The normalized spacial score (nSPS) is 10.9. The quantitative estimate of drug-likeness (QED) is 0.130. The van der Waals surface area contributed by atoms with Crippen LogP contribution in [0.4, 0.5) is 34.4 Å². The molecular formula is C56H40N6. The number of hydrogen-bond acceptors (Lipinski definition) is 6. The van der Waals surface area contributed by atoms with Crippen molar-refractivity contribution in [3.63, 3.8) is 0 Å². The van der Waals surface area contributed by atoms with Crippen LogP contribution in [0.1, 0.15) is 0 Å². The van der Waals surface area contributed by atoms with Crippen molar-refractivity contribution in [1.82, 2.24) is 19.9 Å². The molecule has 0 radical (unpaired) electrons. The highest BCUT2D eigenvalue weighted by atomic mass is 15.3. The molecule has 0 aliphatic rings. The number of pyridine rings is 1. The number of benzene rings is 8. The lowest BCUT2D eigenvalue weighted by atomic mass is 10.0. The van der Waals surface area contributed by atoms with Crippen molar-refractivity contribution in [1.29, 1.82) is 0 Å². The van der Waals surface area contributed by atoms with Crippen molar-refractivity contribution in [3.8, 4) is 56.4 Å². The highest BCUT2D eigenvalue weighted by molar-refractivity contribution is 5.83. The molecule has 2 aromatic heterocycles. The molecule has 10 aromatic rings. The summed E-state index contributed by atoms with van der Waals surface area (Å²) in [6, 6.07) is 83.3. The molecule has 6 heteroatoms. The van der Waals surface area contributed by atoms with Crippen molar-refractivity contribution in [2.75, 3.05) is 9.80 Å². The maximum atomic E-state index is 5.22. The minimum atomic E-state index is 0.487. The van der Waals surface area contributed by atoms with E-state index in [-0.39, 0.29) is 0 Å². The number of rotatable bonds is 11. The van der Waals surface area contributed by atoms with Crippen LogP contribution in [0.2, 0.25) is 0 Å². The van der Waals surface area contributed by atoms with Gasteiger partial charge in [0.1, 0.15) is 0 Å². The van der Waals surface area contributed by atoms with E-state index in [0.717, 1.165) is 73.2 Å². The van der Waals surface area contributed by atoms with Gasteiger partial charge in [-0.25, -0.2) is 9.97 Å². The Kier molecular flexibility index (Phi) is 10.6. The zero-order valence-electron chi connectivity index (χ0n) is 33.8. The smallest absolute Gasteiger partial charge is 0.238 e. The predicted octanol–water partition coefficient (Wildman–Crippen LogP) is 14.5. The molecule has 0 saturated carbocycles. The molecule has 62 heavy (non-hydrogen) atoms. The van der Waals surface area contributed by atoms with Crippen molar-refractivity contribution in [3.05, 3.63) is 243 Å². The first-order valence-corrected chi connectivity index (χ1v) is 20.6. The van der Waals surface area contributed by atoms with E-state index in [9.17, 15) is 0 Å². The lowest BCUT2D eigenvalue weighted by Gasteiger charge is -2.26. The summed E-state index contributed by atoms with van der Waals surface area (Å²) in [5, 5.41) is 0. The fourth-order valence-corrected chi connectivity index (χ4v) is 7.64. The van der Waals surface area contributed by atoms with Crippen molar-refractivity contribution in [2.24, 2.45) is 0 Å². The van der Waals surface area contributed by atoms with Crippen LogP contribution in [0.3, 0.4) is 0 Å². The van der Waals surface area contributed by atoms with Crippen LogP contribution in [-0.2, 0) is 0 Å². The van der Waals surface area contributed by atoms with E-state index >= 15 is 0 Å². The minimum Gasteiger partial charge on any atom is -0.311 e. The topological polar surface area (TPSA) is 58.0 Å². The van der Waals surface area contributed by atoms with Crippen LogP contribution in [-0.4, -0.2) is 19.9 Å². The zero-order valence-corrected chi connectivity index (χ0v) is 33.8. The van der Waals surface area contributed by atoms with Gasteiger partial charge in [0.05, 0.1) is 17.1 Å². The maximum absolute atomic E-state index is 5.22. The second-order valence-electron chi connectivity index (χ2n) is 14.8. The molecule has 0 aliphatic carbocycles. The van der Waals surface area contributed by atoms with E-state index in [0.29, 0.717) is 17.6 Å². The summed E-state index contributed by atoms with van der Waals surface area (Å²) < 4.78 is 0. The van der Waals surface area contributed by atoms with Gasteiger partial charge in [0.2, 0.25) is 5.95 Å². The van der Waals surface area contributed by atoms with E-state index in [2.05, 4.69) is 143 Å². The highest BCUT2D eigenvalue weighted by Crippen LogP contribution is 2.40. The number of nitrogens with zero attached hydrogens (tertiary/aromatic N) is 6. The Morgan fingerprint density at radius 1 is 0.226 bits per heavy atom. The van der Waals surface area contributed by atoms with Crippen LogP contribution in [0.15, 0.2) is 243 Å². The third kappa shape index (κ3) is 8.09. The Hall–Kier alpha value is -8.48. The average Bonchev–Trinajstić information content (AvgIpc) is 3.36. The van der Waals surface area contributed by atoms with E-state index in [4.69, 9.17) is 19.9 Å². The number of aromatic nitrogens is 4. The lowest BCUT2D eigenvalue weighted by molar-refractivity contribution is 1.02. The molecule has 0 N–H and O–H groups in total. The second-order valence-corrected chi connectivity index (χ2v) is 14.8. The first-order chi connectivity index (χ1) is 30.7.